The fraction of sp³-hybridized carbons (Fsp3) is 0.368. The predicted octanol–water partition coefficient (Wildman–Crippen LogP) is 4.74. The molecule has 0 bridgehead atoms. The molecule has 0 radical (unpaired) electrons. The highest BCUT2D eigenvalue weighted by Crippen LogP contribution is 2.27. The maximum Gasteiger partial charge on any atom is 0.123 e. The van der Waals surface area contributed by atoms with Crippen molar-refractivity contribution >= 4 is 0 Å². The molecule has 2 aromatic rings. The molecule has 1 unspecified atom stereocenters. The minimum absolute atomic E-state index is 0.00779. The summed E-state index contributed by atoms with van der Waals surface area (Å²) < 4.78 is 13.6. The molecule has 112 valence electrons. The fourth-order valence-electron chi connectivity index (χ4n) is 2.63. The van der Waals surface area contributed by atoms with Crippen molar-refractivity contribution in [1.82, 2.24) is 5.32 Å². The van der Waals surface area contributed by atoms with Crippen molar-refractivity contribution in [3.8, 4) is 0 Å². The number of hydrogen-bond acceptors (Lipinski definition) is 1. The van der Waals surface area contributed by atoms with E-state index in [1.165, 1.54) is 5.56 Å². The molecule has 0 saturated heterocycles. The Morgan fingerprint density at radius 1 is 0.952 bits per heavy atom. The van der Waals surface area contributed by atoms with Crippen molar-refractivity contribution in [2.45, 2.75) is 39.2 Å². The molecule has 0 saturated carbocycles. The highest BCUT2D eigenvalue weighted by atomic mass is 19.1. The fourth-order valence-corrected chi connectivity index (χ4v) is 2.63. The number of rotatable bonds is 3. The molecule has 1 N–H and O–H groups in total. The number of nitrogens with one attached hydrogen (secondary N) is 1. The van der Waals surface area contributed by atoms with Gasteiger partial charge in [-0.3, -0.25) is 0 Å². The van der Waals surface area contributed by atoms with Gasteiger partial charge in [0.2, 0.25) is 0 Å². The Balaban J connectivity index is 2.37. The van der Waals surface area contributed by atoms with Crippen LogP contribution in [0.5, 0.6) is 0 Å². The first kappa shape index (κ1) is 15.7. The van der Waals surface area contributed by atoms with Crippen LogP contribution in [0.2, 0.25) is 0 Å². The van der Waals surface area contributed by atoms with Gasteiger partial charge in [-0.2, -0.15) is 0 Å². The Morgan fingerprint density at radius 3 is 2.05 bits per heavy atom. The SMILES string of the molecule is CNC(c1ccc(C(C)(C)C)cc1)c1cc(C)cc(F)c1. The van der Waals surface area contributed by atoms with Gasteiger partial charge in [0.15, 0.2) is 0 Å². The largest absolute Gasteiger partial charge is 0.309 e. The third-order valence-electron chi connectivity index (χ3n) is 3.80. The van der Waals surface area contributed by atoms with Gasteiger partial charge in [-0.25, -0.2) is 4.39 Å². The van der Waals surface area contributed by atoms with Crippen LogP contribution in [0.15, 0.2) is 42.5 Å². The average molecular weight is 285 g/mol. The van der Waals surface area contributed by atoms with Gasteiger partial charge in [-0.1, -0.05) is 51.1 Å². The molecule has 21 heavy (non-hydrogen) atoms. The molecule has 0 fully saturated rings. The minimum Gasteiger partial charge on any atom is -0.309 e. The number of halogens is 1. The molecule has 0 aliphatic carbocycles. The van der Waals surface area contributed by atoms with E-state index in [-0.39, 0.29) is 17.3 Å². The quantitative estimate of drug-likeness (QED) is 0.859. The summed E-state index contributed by atoms with van der Waals surface area (Å²) in [5, 5.41) is 3.28. The van der Waals surface area contributed by atoms with E-state index < -0.39 is 0 Å². The van der Waals surface area contributed by atoms with Crippen molar-refractivity contribution in [3.05, 3.63) is 70.5 Å². The highest BCUT2D eigenvalue weighted by Gasteiger charge is 2.16. The van der Waals surface area contributed by atoms with Crippen LogP contribution in [0, 0.1) is 12.7 Å². The van der Waals surface area contributed by atoms with E-state index in [1.54, 1.807) is 12.1 Å². The molecule has 1 nitrogen and oxygen atoms in total. The Labute approximate surface area is 127 Å². The summed E-state index contributed by atoms with van der Waals surface area (Å²) in [7, 11) is 1.91. The lowest BCUT2D eigenvalue weighted by Crippen LogP contribution is -2.18. The maximum atomic E-state index is 13.6. The van der Waals surface area contributed by atoms with Crippen LogP contribution < -0.4 is 5.32 Å². The van der Waals surface area contributed by atoms with Gasteiger partial charge in [-0.15, -0.1) is 0 Å². The van der Waals surface area contributed by atoms with E-state index in [9.17, 15) is 4.39 Å². The molecule has 2 aromatic carbocycles. The lowest BCUT2D eigenvalue weighted by molar-refractivity contribution is 0.588. The second kappa shape index (κ2) is 5.98. The number of hydrogen-bond donors (Lipinski definition) is 1. The van der Waals surface area contributed by atoms with Gasteiger partial charge in [0.25, 0.3) is 0 Å². The predicted molar refractivity (Wildman–Crippen MR) is 87.2 cm³/mol. The lowest BCUT2D eigenvalue weighted by atomic mass is 9.85. The van der Waals surface area contributed by atoms with E-state index in [0.717, 1.165) is 16.7 Å². The number of benzene rings is 2. The second-order valence-electron chi connectivity index (χ2n) is 6.66. The summed E-state index contributed by atoms with van der Waals surface area (Å²) >= 11 is 0. The normalized spacial score (nSPS) is 13.2. The first-order chi connectivity index (χ1) is 9.81. The van der Waals surface area contributed by atoms with E-state index in [0.29, 0.717) is 0 Å². The molecule has 0 heterocycles. The van der Waals surface area contributed by atoms with Crippen molar-refractivity contribution < 1.29 is 4.39 Å². The molecule has 0 aromatic heterocycles. The monoisotopic (exact) mass is 285 g/mol. The molecule has 0 aliphatic rings. The van der Waals surface area contributed by atoms with Crippen LogP contribution in [0.25, 0.3) is 0 Å². The number of aryl methyl sites for hydroxylation is 1. The van der Waals surface area contributed by atoms with Gasteiger partial charge in [-0.05, 0) is 53.8 Å². The van der Waals surface area contributed by atoms with Crippen LogP contribution in [-0.2, 0) is 5.41 Å². The first-order valence-corrected chi connectivity index (χ1v) is 7.36. The molecule has 0 spiro atoms. The lowest BCUT2D eigenvalue weighted by Gasteiger charge is -2.22. The average Bonchev–Trinajstić information content (AvgIpc) is 2.38. The zero-order valence-electron chi connectivity index (χ0n) is 13.5. The van der Waals surface area contributed by atoms with Gasteiger partial charge in [0.05, 0.1) is 6.04 Å². The molecule has 2 rings (SSSR count). The third kappa shape index (κ3) is 3.70. The molecule has 0 amide bonds. The maximum absolute atomic E-state index is 13.6. The van der Waals surface area contributed by atoms with Crippen molar-refractivity contribution in [3.63, 3.8) is 0 Å². The van der Waals surface area contributed by atoms with Crippen LogP contribution in [0.1, 0.15) is 49.1 Å². The zero-order chi connectivity index (χ0) is 15.6. The van der Waals surface area contributed by atoms with Gasteiger partial charge >= 0.3 is 0 Å². The molecule has 1 atom stereocenters. The Hall–Kier alpha value is -1.67. The van der Waals surface area contributed by atoms with Crippen molar-refractivity contribution in [2.75, 3.05) is 7.05 Å². The summed E-state index contributed by atoms with van der Waals surface area (Å²) in [6, 6.07) is 13.8. The summed E-state index contributed by atoms with van der Waals surface area (Å²) in [6.45, 7) is 8.52. The first-order valence-electron chi connectivity index (χ1n) is 7.36. The standard InChI is InChI=1S/C19H24FN/c1-13-10-15(12-17(20)11-13)18(21-5)14-6-8-16(9-7-14)19(2,3)4/h6-12,18,21H,1-5H3. The van der Waals surface area contributed by atoms with E-state index in [4.69, 9.17) is 0 Å². The van der Waals surface area contributed by atoms with Crippen LogP contribution in [0.3, 0.4) is 0 Å². The van der Waals surface area contributed by atoms with E-state index >= 15 is 0 Å². The van der Waals surface area contributed by atoms with Crippen LogP contribution in [-0.4, -0.2) is 7.05 Å². The smallest absolute Gasteiger partial charge is 0.123 e. The molecular formula is C19H24FN. The van der Waals surface area contributed by atoms with E-state index in [1.807, 2.05) is 20.0 Å². The van der Waals surface area contributed by atoms with Crippen LogP contribution >= 0.6 is 0 Å². The van der Waals surface area contributed by atoms with Crippen molar-refractivity contribution in [2.24, 2.45) is 0 Å². The summed E-state index contributed by atoms with van der Waals surface area (Å²) in [5.41, 5.74) is 4.49. The summed E-state index contributed by atoms with van der Waals surface area (Å²) in [5.74, 6) is -0.184. The summed E-state index contributed by atoms with van der Waals surface area (Å²) in [4.78, 5) is 0. The molecule has 2 heteroatoms. The van der Waals surface area contributed by atoms with Gasteiger partial charge < -0.3 is 5.32 Å². The summed E-state index contributed by atoms with van der Waals surface area (Å²) in [6.07, 6.45) is 0. The topological polar surface area (TPSA) is 12.0 Å². The molecular weight excluding hydrogens is 261 g/mol. The second-order valence-corrected chi connectivity index (χ2v) is 6.66. The van der Waals surface area contributed by atoms with Crippen LogP contribution in [0.4, 0.5) is 4.39 Å². The third-order valence-corrected chi connectivity index (χ3v) is 3.80. The molecule has 0 aliphatic heterocycles. The Morgan fingerprint density at radius 2 is 1.57 bits per heavy atom. The highest BCUT2D eigenvalue weighted by molar-refractivity contribution is 5.37. The minimum atomic E-state index is -0.184. The van der Waals surface area contributed by atoms with Gasteiger partial charge in [0.1, 0.15) is 5.82 Å². The van der Waals surface area contributed by atoms with E-state index in [2.05, 4.69) is 50.4 Å². The van der Waals surface area contributed by atoms with Crippen molar-refractivity contribution in [1.29, 1.82) is 0 Å². The Kier molecular flexibility index (Phi) is 4.48. The zero-order valence-corrected chi connectivity index (χ0v) is 13.5. The van der Waals surface area contributed by atoms with Gasteiger partial charge in [0, 0.05) is 0 Å². The Bertz CT molecular complexity index is 588.